The summed E-state index contributed by atoms with van der Waals surface area (Å²) in [5.74, 6) is -0.628. The number of rotatable bonds is 8. The standard InChI is InChI=1S/C27H35N3O5/c1-18(29-26(34)35-27(2,3)4)25(33)30(21-11-8-12-21)23(20-13-15-22(31)16-14-20)24(32)28-17-19-9-6-5-7-10-19/h5-7,9-10,13-16,18,21,23,31H,8,11-12,17H2,1-4H3,(H,28,32)(H,29,34). The van der Waals surface area contributed by atoms with Crippen LogP contribution in [0, 0.1) is 0 Å². The van der Waals surface area contributed by atoms with Crippen molar-refractivity contribution in [2.75, 3.05) is 0 Å². The van der Waals surface area contributed by atoms with Gasteiger partial charge in [-0.2, -0.15) is 0 Å². The van der Waals surface area contributed by atoms with Crippen LogP contribution in [-0.2, 0) is 20.9 Å². The van der Waals surface area contributed by atoms with Crippen LogP contribution >= 0.6 is 0 Å². The number of carbonyl (C=O) groups excluding carboxylic acids is 3. The van der Waals surface area contributed by atoms with Gasteiger partial charge in [-0.3, -0.25) is 9.59 Å². The van der Waals surface area contributed by atoms with E-state index in [0.717, 1.165) is 24.8 Å². The van der Waals surface area contributed by atoms with Gasteiger partial charge in [-0.1, -0.05) is 42.5 Å². The van der Waals surface area contributed by atoms with Crippen LogP contribution in [0.2, 0.25) is 0 Å². The second kappa shape index (κ2) is 11.3. The molecule has 8 nitrogen and oxygen atoms in total. The lowest BCUT2D eigenvalue weighted by Gasteiger charge is -2.43. The third-order valence-corrected chi connectivity index (χ3v) is 5.87. The summed E-state index contributed by atoms with van der Waals surface area (Å²) < 4.78 is 5.30. The molecule has 0 heterocycles. The lowest BCUT2D eigenvalue weighted by molar-refractivity contribution is -0.147. The molecule has 0 aliphatic heterocycles. The highest BCUT2D eigenvalue weighted by molar-refractivity contribution is 5.92. The van der Waals surface area contributed by atoms with Crippen molar-refractivity contribution in [3.8, 4) is 5.75 Å². The third-order valence-electron chi connectivity index (χ3n) is 5.87. The monoisotopic (exact) mass is 481 g/mol. The molecule has 3 amide bonds. The molecule has 0 saturated heterocycles. The topological polar surface area (TPSA) is 108 Å². The van der Waals surface area contributed by atoms with E-state index in [2.05, 4.69) is 10.6 Å². The van der Waals surface area contributed by atoms with Crippen LogP contribution in [0.1, 0.15) is 64.1 Å². The van der Waals surface area contributed by atoms with Gasteiger partial charge in [0.1, 0.15) is 23.4 Å². The van der Waals surface area contributed by atoms with E-state index in [4.69, 9.17) is 4.74 Å². The van der Waals surface area contributed by atoms with Crippen molar-refractivity contribution >= 4 is 17.9 Å². The Morgan fingerprint density at radius 1 is 1.06 bits per heavy atom. The van der Waals surface area contributed by atoms with Gasteiger partial charge in [0.05, 0.1) is 0 Å². The van der Waals surface area contributed by atoms with Crippen LogP contribution < -0.4 is 10.6 Å². The first-order chi connectivity index (χ1) is 16.5. The van der Waals surface area contributed by atoms with Crippen LogP contribution in [0.5, 0.6) is 5.75 Å². The SMILES string of the molecule is CC(NC(=O)OC(C)(C)C)C(=O)N(C1CCC1)C(C(=O)NCc1ccccc1)c1ccc(O)cc1. The van der Waals surface area contributed by atoms with Crippen molar-refractivity contribution in [1.29, 1.82) is 0 Å². The van der Waals surface area contributed by atoms with E-state index >= 15 is 0 Å². The molecular weight excluding hydrogens is 446 g/mol. The number of nitrogens with one attached hydrogen (secondary N) is 2. The quantitative estimate of drug-likeness (QED) is 0.527. The number of amides is 3. The highest BCUT2D eigenvalue weighted by Gasteiger charge is 2.40. The fourth-order valence-electron chi connectivity index (χ4n) is 3.93. The van der Waals surface area contributed by atoms with Gasteiger partial charge < -0.3 is 25.4 Å². The van der Waals surface area contributed by atoms with Crippen molar-refractivity contribution in [1.82, 2.24) is 15.5 Å². The van der Waals surface area contributed by atoms with E-state index in [1.54, 1.807) is 44.7 Å². The Bertz CT molecular complexity index is 1010. The Kier molecular flexibility index (Phi) is 8.38. The minimum atomic E-state index is -0.917. The Hall–Kier alpha value is -3.55. The summed E-state index contributed by atoms with van der Waals surface area (Å²) in [6, 6.07) is 13.9. The average Bonchev–Trinajstić information content (AvgIpc) is 2.76. The largest absolute Gasteiger partial charge is 0.508 e. The zero-order valence-corrected chi connectivity index (χ0v) is 20.8. The lowest BCUT2D eigenvalue weighted by atomic mass is 9.88. The van der Waals surface area contributed by atoms with Crippen LogP contribution in [0.4, 0.5) is 4.79 Å². The molecule has 188 valence electrons. The molecule has 2 aromatic carbocycles. The zero-order valence-electron chi connectivity index (χ0n) is 20.8. The van der Waals surface area contributed by atoms with Crippen molar-refractivity contribution in [2.45, 2.75) is 77.2 Å². The molecule has 1 saturated carbocycles. The van der Waals surface area contributed by atoms with E-state index in [1.807, 2.05) is 30.3 Å². The van der Waals surface area contributed by atoms with Gasteiger partial charge in [-0.25, -0.2) is 4.79 Å². The number of phenols is 1. The summed E-state index contributed by atoms with van der Waals surface area (Å²) >= 11 is 0. The Morgan fingerprint density at radius 3 is 2.23 bits per heavy atom. The number of carbonyl (C=O) groups is 3. The van der Waals surface area contributed by atoms with Crippen molar-refractivity contribution in [3.63, 3.8) is 0 Å². The molecule has 3 rings (SSSR count). The summed E-state index contributed by atoms with van der Waals surface area (Å²) in [7, 11) is 0. The van der Waals surface area contributed by atoms with Crippen molar-refractivity contribution in [3.05, 3.63) is 65.7 Å². The summed E-state index contributed by atoms with van der Waals surface area (Å²) in [5.41, 5.74) is 0.816. The first-order valence-corrected chi connectivity index (χ1v) is 12.0. The molecular formula is C27H35N3O5. The van der Waals surface area contributed by atoms with E-state index in [-0.39, 0.29) is 23.6 Å². The smallest absolute Gasteiger partial charge is 0.408 e. The van der Waals surface area contributed by atoms with E-state index in [9.17, 15) is 19.5 Å². The summed E-state index contributed by atoms with van der Waals surface area (Å²) in [5, 5.41) is 15.3. The van der Waals surface area contributed by atoms with Crippen LogP contribution in [0.25, 0.3) is 0 Å². The molecule has 0 aromatic heterocycles. The highest BCUT2D eigenvalue weighted by atomic mass is 16.6. The van der Waals surface area contributed by atoms with Crippen LogP contribution in [-0.4, -0.2) is 45.6 Å². The molecule has 2 aromatic rings. The molecule has 0 spiro atoms. The third kappa shape index (κ3) is 7.21. The molecule has 0 radical (unpaired) electrons. The minimum absolute atomic E-state index is 0.0682. The van der Waals surface area contributed by atoms with Gasteiger partial charge in [0.2, 0.25) is 11.8 Å². The predicted octanol–water partition coefficient (Wildman–Crippen LogP) is 4.04. The first-order valence-electron chi connectivity index (χ1n) is 12.0. The molecule has 8 heteroatoms. The van der Waals surface area contributed by atoms with Gasteiger partial charge >= 0.3 is 6.09 Å². The van der Waals surface area contributed by atoms with Crippen LogP contribution in [0.3, 0.4) is 0 Å². The Balaban J connectivity index is 1.87. The molecule has 2 unspecified atom stereocenters. The zero-order chi connectivity index (χ0) is 25.6. The number of nitrogens with zero attached hydrogens (tertiary/aromatic N) is 1. The van der Waals surface area contributed by atoms with Gasteiger partial charge in [0.25, 0.3) is 0 Å². The van der Waals surface area contributed by atoms with Crippen molar-refractivity contribution in [2.24, 2.45) is 0 Å². The summed E-state index contributed by atoms with van der Waals surface area (Å²) in [6.07, 6.45) is 1.80. The average molecular weight is 482 g/mol. The van der Waals surface area contributed by atoms with E-state index in [1.165, 1.54) is 12.1 Å². The molecule has 2 atom stereocenters. The molecule has 0 bridgehead atoms. The molecule has 1 fully saturated rings. The number of alkyl carbamates (subject to hydrolysis) is 1. The normalized spacial score (nSPS) is 15.3. The second-order valence-electron chi connectivity index (χ2n) is 9.90. The summed E-state index contributed by atoms with van der Waals surface area (Å²) in [6.45, 7) is 7.15. The number of hydrogen-bond donors (Lipinski definition) is 3. The van der Waals surface area contributed by atoms with Gasteiger partial charge in [-0.05, 0) is 70.2 Å². The maximum atomic E-state index is 13.7. The maximum absolute atomic E-state index is 13.7. The highest BCUT2D eigenvalue weighted by Crippen LogP contribution is 2.34. The molecule has 3 N–H and O–H groups in total. The van der Waals surface area contributed by atoms with E-state index in [0.29, 0.717) is 12.1 Å². The Morgan fingerprint density at radius 2 is 1.69 bits per heavy atom. The van der Waals surface area contributed by atoms with E-state index < -0.39 is 23.8 Å². The number of benzene rings is 2. The fraction of sp³-hybridized carbons (Fsp3) is 0.444. The number of ether oxygens (including phenoxy) is 1. The Labute approximate surface area is 206 Å². The first kappa shape index (κ1) is 26.1. The predicted molar refractivity (Wildman–Crippen MR) is 132 cm³/mol. The minimum Gasteiger partial charge on any atom is -0.508 e. The van der Waals surface area contributed by atoms with Crippen molar-refractivity contribution < 1.29 is 24.2 Å². The maximum Gasteiger partial charge on any atom is 0.408 e. The van der Waals surface area contributed by atoms with Gasteiger partial charge in [0.15, 0.2) is 0 Å². The number of aromatic hydroxyl groups is 1. The summed E-state index contributed by atoms with van der Waals surface area (Å²) in [4.78, 5) is 41.1. The fourth-order valence-corrected chi connectivity index (χ4v) is 3.93. The van der Waals surface area contributed by atoms with Gasteiger partial charge in [0, 0.05) is 12.6 Å². The lowest BCUT2D eigenvalue weighted by Crippen LogP contribution is -2.56. The van der Waals surface area contributed by atoms with Crippen LogP contribution in [0.15, 0.2) is 54.6 Å². The molecule has 35 heavy (non-hydrogen) atoms. The second-order valence-corrected chi connectivity index (χ2v) is 9.90. The number of phenolic OH excluding ortho intramolecular Hbond substituents is 1. The van der Waals surface area contributed by atoms with Gasteiger partial charge in [-0.15, -0.1) is 0 Å². The molecule has 1 aliphatic carbocycles. The number of hydrogen-bond acceptors (Lipinski definition) is 5. The molecule has 1 aliphatic rings.